The first-order valence-electron chi connectivity index (χ1n) is 9.33. The van der Waals surface area contributed by atoms with Crippen LogP contribution in [0.3, 0.4) is 0 Å². The molecule has 0 saturated carbocycles. The zero-order valence-corrected chi connectivity index (χ0v) is 19.3. The van der Waals surface area contributed by atoms with E-state index in [0.29, 0.717) is 39.6 Å². The largest absolute Gasteiger partial charge is 0.540 e. The summed E-state index contributed by atoms with van der Waals surface area (Å²) in [4.78, 5) is 22.5. The van der Waals surface area contributed by atoms with Crippen LogP contribution in [0.1, 0.15) is 17.5 Å². The van der Waals surface area contributed by atoms with E-state index < -0.39 is 16.0 Å². The molecule has 0 aromatic heterocycles. The Morgan fingerprint density at radius 2 is 1.75 bits per heavy atom. The third kappa shape index (κ3) is 5.08. The van der Waals surface area contributed by atoms with Gasteiger partial charge in [-0.3, -0.25) is 0 Å². The van der Waals surface area contributed by atoms with Gasteiger partial charge < -0.3 is 9.90 Å². The van der Waals surface area contributed by atoms with E-state index in [4.69, 9.17) is 21.8 Å². The Labute approximate surface area is 194 Å². The van der Waals surface area contributed by atoms with Gasteiger partial charge in [0.25, 0.3) is 0 Å². The van der Waals surface area contributed by atoms with Crippen LogP contribution in [0.2, 0.25) is 5.02 Å². The summed E-state index contributed by atoms with van der Waals surface area (Å²) in [5.41, 5.74) is 1.69. The fourth-order valence-electron chi connectivity index (χ4n) is 3.50. The number of hydrogen-bond donors (Lipinski definition) is 1. The lowest BCUT2D eigenvalue weighted by Crippen LogP contribution is -2.44. The second-order valence-corrected chi connectivity index (χ2v) is 9.97. The zero-order chi connectivity index (χ0) is 23.5. The van der Waals surface area contributed by atoms with Gasteiger partial charge in [0.15, 0.2) is 5.70 Å². The SMILES string of the molecule is C[N+]1(CCCSN=O)N=C(c2ccc(Cl)cc2)C(c2ccc(S(N)(=O)=O)cc2)=C1C(=O)[O-]. The Kier molecular flexibility index (Phi) is 7.16. The van der Waals surface area contributed by atoms with Gasteiger partial charge in [0.1, 0.15) is 18.2 Å². The number of halogens is 1. The molecule has 3 rings (SSSR count). The Morgan fingerprint density at radius 3 is 2.28 bits per heavy atom. The fraction of sp³-hybridized carbons (Fsp3) is 0.200. The highest BCUT2D eigenvalue weighted by Crippen LogP contribution is 2.37. The minimum absolute atomic E-state index is 0.0811. The molecule has 0 fully saturated rings. The van der Waals surface area contributed by atoms with Gasteiger partial charge in [-0.25, -0.2) is 13.6 Å². The average molecular weight is 495 g/mol. The molecule has 2 N–H and O–H groups in total. The predicted octanol–water partition coefficient (Wildman–Crippen LogP) is 2.12. The van der Waals surface area contributed by atoms with Gasteiger partial charge in [0, 0.05) is 39.3 Å². The van der Waals surface area contributed by atoms with Crippen LogP contribution in [-0.2, 0) is 14.8 Å². The van der Waals surface area contributed by atoms with E-state index in [0.717, 1.165) is 11.9 Å². The van der Waals surface area contributed by atoms with E-state index in [1.54, 1.807) is 31.3 Å². The molecule has 1 heterocycles. The molecular weight excluding hydrogens is 476 g/mol. The molecule has 0 saturated heterocycles. The second kappa shape index (κ2) is 9.51. The molecule has 32 heavy (non-hydrogen) atoms. The number of sulfonamides is 1. The van der Waals surface area contributed by atoms with Crippen molar-refractivity contribution in [3.05, 3.63) is 75.3 Å². The molecule has 0 bridgehead atoms. The third-order valence-corrected chi connectivity index (χ3v) is 6.70. The maximum atomic E-state index is 12.3. The van der Waals surface area contributed by atoms with Crippen LogP contribution in [0.4, 0.5) is 0 Å². The van der Waals surface area contributed by atoms with Gasteiger partial charge in [-0.2, -0.15) is 4.59 Å². The van der Waals surface area contributed by atoms with E-state index in [9.17, 15) is 23.2 Å². The molecule has 2 aromatic rings. The molecule has 0 amide bonds. The molecule has 1 unspecified atom stereocenters. The fourth-order valence-corrected chi connectivity index (χ4v) is 4.48. The van der Waals surface area contributed by atoms with Gasteiger partial charge >= 0.3 is 0 Å². The highest BCUT2D eigenvalue weighted by atomic mass is 35.5. The molecule has 0 spiro atoms. The summed E-state index contributed by atoms with van der Waals surface area (Å²) in [6.45, 7) is 0.279. The van der Waals surface area contributed by atoms with Crippen LogP contribution in [0.15, 0.2) is 68.8 Å². The summed E-state index contributed by atoms with van der Waals surface area (Å²) in [6, 6.07) is 12.3. The lowest BCUT2D eigenvalue weighted by molar-refractivity contribution is -0.873. The van der Waals surface area contributed by atoms with Crippen molar-refractivity contribution in [3.8, 4) is 0 Å². The number of nitrogens with zero attached hydrogens (tertiary/aromatic N) is 3. The first-order valence-corrected chi connectivity index (χ1v) is 12.2. The van der Waals surface area contributed by atoms with Gasteiger partial charge in [-0.05, 0) is 29.8 Å². The number of carbonyl (C=O) groups is 1. The number of carbonyl (C=O) groups excluding carboxylic acids is 1. The van der Waals surface area contributed by atoms with Gasteiger partial charge in [0.2, 0.25) is 10.0 Å². The van der Waals surface area contributed by atoms with Gasteiger partial charge in [-0.1, -0.05) is 41.0 Å². The Balaban J connectivity index is 2.18. The van der Waals surface area contributed by atoms with Crippen molar-refractivity contribution in [3.63, 3.8) is 0 Å². The number of allylic oxidation sites excluding steroid dienone is 1. The Bertz CT molecular complexity index is 1210. The summed E-state index contributed by atoms with van der Waals surface area (Å²) in [5, 5.41) is 22.7. The molecule has 12 heteroatoms. The molecule has 1 aliphatic heterocycles. The summed E-state index contributed by atoms with van der Waals surface area (Å²) in [5.74, 6) is -1.01. The molecule has 1 aliphatic rings. The lowest BCUT2D eigenvalue weighted by atomic mass is 9.94. The summed E-state index contributed by atoms with van der Waals surface area (Å²) in [6.07, 6.45) is 0.471. The molecule has 2 aromatic carbocycles. The van der Waals surface area contributed by atoms with Crippen LogP contribution < -0.4 is 10.2 Å². The molecular formula is C20H19ClN4O5S2. The number of likely N-dealkylation sites (N-methyl/N-ethyl adjacent to an activating group) is 1. The van der Waals surface area contributed by atoms with Crippen molar-refractivity contribution in [2.45, 2.75) is 11.3 Å². The summed E-state index contributed by atoms with van der Waals surface area (Å²) < 4.78 is 25.7. The number of nitroso groups, excluding NO2 is 1. The first kappa shape index (κ1) is 24.1. The number of rotatable bonds is 9. The number of hydrogen-bond acceptors (Lipinski definition) is 8. The number of aliphatic carboxylic acids is 1. The van der Waals surface area contributed by atoms with Crippen LogP contribution in [0.25, 0.3) is 5.57 Å². The number of quaternary nitrogens is 1. The third-order valence-electron chi connectivity index (χ3n) is 4.94. The van der Waals surface area contributed by atoms with E-state index in [1.807, 2.05) is 0 Å². The Morgan fingerprint density at radius 1 is 1.16 bits per heavy atom. The van der Waals surface area contributed by atoms with Crippen LogP contribution in [-0.4, -0.2) is 44.0 Å². The number of primary sulfonamides is 1. The number of benzene rings is 2. The highest BCUT2D eigenvalue weighted by Gasteiger charge is 2.41. The van der Waals surface area contributed by atoms with Crippen molar-refractivity contribution in [1.82, 2.24) is 0 Å². The van der Waals surface area contributed by atoms with E-state index in [-0.39, 0.29) is 21.7 Å². The summed E-state index contributed by atoms with van der Waals surface area (Å²) in [7, 11) is -2.28. The molecule has 168 valence electrons. The quantitative estimate of drug-likeness (QED) is 0.245. The number of nitrogens with two attached hydrogens (primary N) is 1. The van der Waals surface area contributed by atoms with Crippen molar-refractivity contribution in [2.24, 2.45) is 14.8 Å². The van der Waals surface area contributed by atoms with Gasteiger partial charge in [0.05, 0.1) is 17.5 Å². The second-order valence-electron chi connectivity index (χ2n) is 7.16. The van der Waals surface area contributed by atoms with Crippen molar-refractivity contribution in [1.29, 1.82) is 0 Å². The average Bonchev–Trinajstić information content (AvgIpc) is 3.05. The number of carboxylic acid groups (broad SMARTS) is 1. The topological polar surface area (TPSA) is 142 Å². The van der Waals surface area contributed by atoms with Gasteiger partial charge in [-0.15, -0.1) is 4.91 Å². The van der Waals surface area contributed by atoms with Crippen LogP contribution in [0, 0.1) is 4.91 Å². The zero-order valence-electron chi connectivity index (χ0n) is 16.9. The van der Waals surface area contributed by atoms with E-state index in [1.165, 1.54) is 24.3 Å². The molecule has 1 atom stereocenters. The van der Waals surface area contributed by atoms with Crippen molar-refractivity contribution >= 4 is 50.8 Å². The highest BCUT2D eigenvalue weighted by molar-refractivity contribution is 7.97. The molecule has 9 nitrogen and oxygen atoms in total. The van der Waals surface area contributed by atoms with E-state index >= 15 is 0 Å². The minimum atomic E-state index is -3.91. The smallest absolute Gasteiger partial charge is 0.238 e. The first-order chi connectivity index (χ1) is 15.1. The van der Waals surface area contributed by atoms with Crippen molar-refractivity contribution < 1.29 is 22.9 Å². The van der Waals surface area contributed by atoms with Crippen LogP contribution in [0.5, 0.6) is 0 Å². The number of carboxylic acids is 1. The standard InChI is InChI=1S/C20H19ClN4O5S2/c1-25(11-2-12-31-24-28)19(20(26)27)17(13-5-9-16(10-6-13)32(22,29)30)18(23-25)14-3-7-15(21)8-4-14/h3-10H,2,11-12H2,1H3,(H2-,22,26,27,29,30). The minimum Gasteiger partial charge on any atom is -0.540 e. The molecule has 0 aliphatic carbocycles. The summed E-state index contributed by atoms with van der Waals surface area (Å²) >= 11 is 6.85. The normalized spacial score (nSPS) is 18.5. The predicted molar refractivity (Wildman–Crippen MR) is 122 cm³/mol. The van der Waals surface area contributed by atoms with Crippen LogP contribution >= 0.6 is 23.5 Å². The van der Waals surface area contributed by atoms with Crippen molar-refractivity contribution in [2.75, 3.05) is 19.3 Å². The lowest BCUT2D eigenvalue weighted by Gasteiger charge is -2.27. The van der Waals surface area contributed by atoms with E-state index in [2.05, 4.69) is 4.58 Å². The Hall–Kier alpha value is -2.57. The monoisotopic (exact) mass is 494 g/mol. The maximum Gasteiger partial charge on any atom is 0.238 e. The maximum absolute atomic E-state index is 12.3. The molecule has 0 radical (unpaired) electrons.